The van der Waals surface area contributed by atoms with Gasteiger partial charge in [-0.05, 0) is 32.4 Å². The molecule has 2 N–H and O–H groups in total. The summed E-state index contributed by atoms with van der Waals surface area (Å²) in [5.74, 6) is -0.548. The minimum absolute atomic E-state index is 0.103. The first kappa shape index (κ1) is 18.8. The number of aliphatic hydroxyl groups excluding tert-OH is 1. The number of aliphatic hydroxyl groups is 1. The Morgan fingerprint density at radius 2 is 2.23 bits per heavy atom. The van der Waals surface area contributed by atoms with E-state index in [0.29, 0.717) is 38.0 Å². The molecule has 2 aliphatic heterocycles. The van der Waals surface area contributed by atoms with Crippen molar-refractivity contribution in [2.24, 2.45) is 5.41 Å². The monoisotopic (exact) mass is 363 g/mol. The van der Waals surface area contributed by atoms with Crippen LogP contribution in [0.15, 0.2) is 24.3 Å². The number of halogens is 1. The molecule has 142 valence electrons. The Hall–Kier alpha value is -1.99. The largest absolute Gasteiger partial charge is 0.392 e. The second-order valence-corrected chi connectivity index (χ2v) is 7.40. The van der Waals surface area contributed by atoms with Crippen molar-refractivity contribution in [3.05, 3.63) is 35.6 Å². The molecule has 0 aliphatic carbocycles. The number of hydrogen-bond donors (Lipinski definition) is 2. The van der Waals surface area contributed by atoms with Crippen LogP contribution in [0.25, 0.3) is 0 Å². The molecular formula is C19H26FN3O3. The summed E-state index contributed by atoms with van der Waals surface area (Å²) < 4.78 is 13.8. The van der Waals surface area contributed by atoms with Gasteiger partial charge < -0.3 is 15.3 Å². The van der Waals surface area contributed by atoms with Gasteiger partial charge in [-0.1, -0.05) is 18.2 Å². The number of benzene rings is 1. The topological polar surface area (TPSA) is 72.9 Å². The van der Waals surface area contributed by atoms with Gasteiger partial charge in [0.25, 0.3) is 0 Å². The van der Waals surface area contributed by atoms with Crippen LogP contribution in [0.2, 0.25) is 0 Å². The van der Waals surface area contributed by atoms with Crippen LogP contribution in [0, 0.1) is 11.2 Å². The van der Waals surface area contributed by atoms with Crippen molar-refractivity contribution < 1.29 is 19.1 Å². The average molecular weight is 363 g/mol. The first-order valence-electron chi connectivity index (χ1n) is 9.08. The molecule has 0 aromatic heterocycles. The fraction of sp³-hybridized carbons (Fsp3) is 0.579. The normalized spacial score (nSPS) is 26.2. The average Bonchev–Trinajstić information content (AvgIpc) is 2.61. The van der Waals surface area contributed by atoms with E-state index < -0.39 is 11.5 Å². The van der Waals surface area contributed by atoms with Crippen LogP contribution in [0.3, 0.4) is 0 Å². The van der Waals surface area contributed by atoms with Gasteiger partial charge >= 0.3 is 0 Å². The third-order valence-electron chi connectivity index (χ3n) is 5.48. The zero-order valence-corrected chi connectivity index (χ0v) is 15.1. The Morgan fingerprint density at radius 1 is 1.46 bits per heavy atom. The van der Waals surface area contributed by atoms with Crippen LogP contribution in [-0.2, 0) is 16.1 Å². The maximum atomic E-state index is 13.8. The van der Waals surface area contributed by atoms with E-state index in [1.165, 1.54) is 6.07 Å². The van der Waals surface area contributed by atoms with Crippen molar-refractivity contribution in [1.82, 2.24) is 15.1 Å². The van der Waals surface area contributed by atoms with Crippen molar-refractivity contribution in [2.75, 3.05) is 33.2 Å². The number of carbonyl (C=O) groups excluding carboxylic acids is 2. The zero-order valence-electron chi connectivity index (χ0n) is 15.1. The van der Waals surface area contributed by atoms with E-state index in [-0.39, 0.29) is 30.7 Å². The van der Waals surface area contributed by atoms with Crippen molar-refractivity contribution in [3.63, 3.8) is 0 Å². The fourth-order valence-electron chi connectivity index (χ4n) is 3.96. The van der Waals surface area contributed by atoms with Gasteiger partial charge in [-0.3, -0.25) is 14.5 Å². The second kappa shape index (κ2) is 7.72. The van der Waals surface area contributed by atoms with E-state index in [1.54, 1.807) is 35.0 Å². The standard InChI is InChI=1S/C19H26FN3O3/c1-22(11-14-5-2-3-6-15(14)20)12-17(25)23-10-7-16(24)19(13-23)8-4-9-21-18(19)26/h2-3,5-6,16,24H,4,7-13H2,1H3,(H,21,26)/t16-,19+/m0/s1. The van der Waals surface area contributed by atoms with E-state index in [0.717, 1.165) is 6.42 Å². The highest BCUT2D eigenvalue weighted by Gasteiger charge is 2.50. The molecule has 2 aliphatic rings. The van der Waals surface area contributed by atoms with Crippen LogP contribution in [0.1, 0.15) is 24.8 Å². The Morgan fingerprint density at radius 3 is 2.96 bits per heavy atom. The lowest BCUT2D eigenvalue weighted by atomic mass is 9.71. The minimum Gasteiger partial charge on any atom is -0.392 e. The summed E-state index contributed by atoms with van der Waals surface area (Å²) in [4.78, 5) is 28.5. The van der Waals surface area contributed by atoms with Crippen LogP contribution in [0.4, 0.5) is 4.39 Å². The summed E-state index contributed by atoms with van der Waals surface area (Å²) in [6.07, 6.45) is 1.08. The molecule has 26 heavy (non-hydrogen) atoms. The first-order chi connectivity index (χ1) is 12.4. The fourth-order valence-corrected chi connectivity index (χ4v) is 3.96. The lowest BCUT2D eigenvalue weighted by Crippen LogP contribution is -2.62. The molecule has 2 fully saturated rings. The number of likely N-dealkylation sites (N-methyl/N-ethyl adjacent to an activating group) is 1. The summed E-state index contributed by atoms with van der Waals surface area (Å²) in [5.41, 5.74) is -0.351. The molecule has 0 radical (unpaired) electrons. The predicted molar refractivity (Wildman–Crippen MR) is 94.6 cm³/mol. The molecule has 2 saturated heterocycles. The summed E-state index contributed by atoms with van der Waals surface area (Å²) in [5, 5.41) is 13.2. The number of carbonyl (C=O) groups is 2. The van der Waals surface area contributed by atoms with Crippen molar-refractivity contribution in [2.45, 2.75) is 31.9 Å². The molecule has 0 bridgehead atoms. The van der Waals surface area contributed by atoms with Gasteiger partial charge in [0, 0.05) is 31.7 Å². The minimum atomic E-state index is -0.893. The maximum Gasteiger partial charge on any atom is 0.236 e. The molecule has 2 amide bonds. The highest BCUT2D eigenvalue weighted by atomic mass is 19.1. The number of nitrogens with one attached hydrogen (secondary N) is 1. The molecule has 2 atom stereocenters. The highest BCUT2D eigenvalue weighted by molar-refractivity contribution is 5.86. The zero-order chi connectivity index (χ0) is 18.7. The molecule has 1 aromatic rings. The number of amides is 2. The van der Waals surface area contributed by atoms with Crippen molar-refractivity contribution >= 4 is 11.8 Å². The molecule has 1 aromatic carbocycles. The number of hydrogen-bond acceptors (Lipinski definition) is 4. The molecule has 6 nitrogen and oxygen atoms in total. The molecule has 3 rings (SSSR count). The third kappa shape index (κ3) is 3.73. The lowest BCUT2D eigenvalue weighted by Gasteiger charge is -2.47. The van der Waals surface area contributed by atoms with Crippen LogP contribution in [-0.4, -0.2) is 66.1 Å². The van der Waals surface area contributed by atoms with E-state index in [1.807, 2.05) is 0 Å². The van der Waals surface area contributed by atoms with Gasteiger partial charge in [-0.2, -0.15) is 0 Å². The molecular weight excluding hydrogens is 337 g/mol. The number of likely N-dealkylation sites (tertiary alicyclic amines) is 1. The van der Waals surface area contributed by atoms with Gasteiger partial charge in [-0.25, -0.2) is 4.39 Å². The predicted octanol–water partition coefficient (Wildman–Crippen LogP) is 0.747. The second-order valence-electron chi connectivity index (χ2n) is 7.40. The van der Waals surface area contributed by atoms with Crippen molar-refractivity contribution in [3.8, 4) is 0 Å². The summed E-state index contributed by atoms with van der Waals surface area (Å²) in [7, 11) is 1.77. The summed E-state index contributed by atoms with van der Waals surface area (Å²) in [6, 6.07) is 6.51. The van der Waals surface area contributed by atoms with Gasteiger partial charge in [-0.15, -0.1) is 0 Å². The Kier molecular flexibility index (Phi) is 5.58. The molecule has 2 heterocycles. The van der Waals surface area contributed by atoms with Crippen molar-refractivity contribution in [1.29, 1.82) is 0 Å². The molecule has 1 spiro atoms. The first-order valence-corrected chi connectivity index (χ1v) is 9.08. The highest BCUT2D eigenvalue weighted by Crippen LogP contribution is 2.37. The van der Waals surface area contributed by atoms with Crippen LogP contribution in [0.5, 0.6) is 0 Å². The Bertz CT molecular complexity index is 684. The number of rotatable bonds is 4. The van der Waals surface area contributed by atoms with E-state index in [9.17, 15) is 19.1 Å². The number of piperidine rings is 2. The maximum absolute atomic E-state index is 13.8. The molecule has 7 heteroatoms. The quantitative estimate of drug-likeness (QED) is 0.828. The Labute approximate surface area is 153 Å². The molecule has 0 saturated carbocycles. The van der Waals surface area contributed by atoms with Crippen LogP contribution < -0.4 is 5.32 Å². The number of nitrogens with zero attached hydrogens (tertiary/aromatic N) is 2. The Balaban J connectivity index is 1.62. The SMILES string of the molecule is CN(CC(=O)N1CC[C@H](O)[C@@]2(CCCNC2=O)C1)Cc1ccccc1F. The van der Waals surface area contributed by atoms with Gasteiger partial charge in [0.2, 0.25) is 11.8 Å². The smallest absolute Gasteiger partial charge is 0.236 e. The summed E-state index contributed by atoms with van der Waals surface area (Å²) >= 11 is 0. The van der Waals surface area contributed by atoms with E-state index in [2.05, 4.69) is 5.32 Å². The van der Waals surface area contributed by atoms with E-state index in [4.69, 9.17) is 0 Å². The van der Waals surface area contributed by atoms with Gasteiger partial charge in [0.05, 0.1) is 18.1 Å². The lowest BCUT2D eigenvalue weighted by molar-refractivity contribution is -0.155. The molecule has 0 unspecified atom stereocenters. The third-order valence-corrected chi connectivity index (χ3v) is 5.48. The van der Waals surface area contributed by atoms with E-state index >= 15 is 0 Å². The van der Waals surface area contributed by atoms with Gasteiger partial charge in [0.1, 0.15) is 5.82 Å². The van der Waals surface area contributed by atoms with Gasteiger partial charge in [0.15, 0.2) is 0 Å². The van der Waals surface area contributed by atoms with Crippen LogP contribution >= 0.6 is 0 Å². The summed E-state index contributed by atoms with van der Waals surface area (Å²) in [6.45, 7) is 1.77.